The van der Waals surface area contributed by atoms with Gasteiger partial charge in [0.25, 0.3) is 10.0 Å². The second kappa shape index (κ2) is 5.11. The summed E-state index contributed by atoms with van der Waals surface area (Å²) in [7, 11) is -3.61. The summed E-state index contributed by atoms with van der Waals surface area (Å²) in [4.78, 5) is 0.159. The number of nitrogen functional groups attached to an aromatic ring is 1. The minimum Gasteiger partial charge on any atom is -0.399 e. The Morgan fingerprint density at radius 1 is 1.11 bits per heavy atom. The van der Waals surface area contributed by atoms with Gasteiger partial charge in [-0.2, -0.15) is 0 Å². The van der Waals surface area contributed by atoms with Crippen molar-refractivity contribution in [2.75, 3.05) is 10.5 Å². The van der Waals surface area contributed by atoms with Crippen LogP contribution < -0.4 is 10.5 Å². The maximum absolute atomic E-state index is 12.1. The molecule has 0 aliphatic heterocycles. The van der Waals surface area contributed by atoms with Gasteiger partial charge in [-0.15, -0.1) is 0 Å². The van der Waals surface area contributed by atoms with E-state index in [0.717, 1.165) is 5.56 Å². The number of hydrogen-bond donors (Lipinski definition) is 2. The molecule has 2 rings (SSSR count). The lowest BCUT2D eigenvalue weighted by Crippen LogP contribution is -2.13. The maximum Gasteiger partial charge on any atom is 0.261 e. The van der Waals surface area contributed by atoms with Crippen LogP contribution in [0.25, 0.3) is 0 Å². The predicted octanol–water partition coefficient (Wildman–Crippen LogP) is 3.03. The maximum atomic E-state index is 12.1. The molecule has 0 bridgehead atoms. The fourth-order valence-electron chi connectivity index (χ4n) is 1.57. The fourth-order valence-corrected chi connectivity index (χ4v) is 2.74. The largest absolute Gasteiger partial charge is 0.399 e. The third-order valence-electron chi connectivity index (χ3n) is 2.65. The summed E-state index contributed by atoms with van der Waals surface area (Å²) in [6.07, 6.45) is 0. The molecule has 3 N–H and O–H groups in total. The van der Waals surface area contributed by atoms with E-state index in [0.29, 0.717) is 16.4 Å². The highest BCUT2D eigenvalue weighted by molar-refractivity contribution is 7.92. The average molecular weight is 297 g/mol. The number of rotatable bonds is 3. The molecule has 0 radical (unpaired) electrons. The van der Waals surface area contributed by atoms with E-state index in [4.69, 9.17) is 17.3 Å². The highest BCUT2D eigenvalue weighted by Crippen LogP contribution is 2.21. The molecule has 100 valence electrons. The molecular formula is C13H13ClN2O2S. The summed E-state index contributed by atoms with van der Waals surface area (Å²) in [6.45, 7) is 1.81. The van der Waals surface area contributed by atoms with E-state index in [9.17, 15) is 8.42 Å². The van der Waals surface area contributed by atoms with Gasteiger partial charge < -0.3 is 5.73 Å². The van der Waals surface area contributed by atoms with E-state index in [1.165, 1.54) is 24.3 Å². The van der Waals surface area contributed by atoms with Crippen molar-refractivity contribution < 1.29 is 8.42 Å². The summed E-state index contributed by atoms with van der Waals surface area (Å²) >= 11 is 5.73. The highest BCUT2D eigenvalue weighted by Gasteiger charge is 2.14. The van der Waals surface area contributed by atoms with Gasteiger partial charge in [0.15, 0.2) is 0 Å². The molecule has 2 aromatic carbocycles. The van der Waals surface area contributed by atoms with Gasteiger partial charge in [-0.25, -0.2) is 8.42 Å². The lowest BCUT2D eigenvalue weighted by molar-refractivity contribution is 0.601. The number of hydrogen-bond acceptors (Lipinski definition) is 3. The van der Waals surface area contributed by atoms with Crippen LogP contribution >= 0.6 is 11.6 Å². The van der Waals surface area contributed by atoms with E-state index in [-0.39, 0.29) is 4.90 Å². The van der Waals surface area contributed by atoms with Gasteiger partial charge in [-0.05, 0) is 55.0 Å². The Balaban J connectivity index is 2.30. The molecule has 0 aliphatic carbocycles. The highest BCUT2D eigenvalue weighted by atomic mass is 35.5. The van der Waals surface area contributed by atoms with Gasteiger partial charge in [0.1, 0.15) is 0 Å². The number of nitrogens with two attached hydrogens (primary N) is 1. The third kappa shape index (κ3) is 3.19. The minimum atomic E-state index is -3.61. The first kappa shape index (κ1) is 13.7. The van der Waals surface area contributed by atoms with Crippen molar-refractivity contribution in [1.29, 1.82) is 0 Å². The number of halogens is 1. The first-order valence-electron chi connectivity index (χ1n) is 5.53. The van der Waals surface area contributed by atoms with Crippen LogP contribution in [-0.4, -0.2) is 8.42 Å². The molecule has 6 heteroatoms. The standard InChI is InChI=1S/C13H13ClN2O2S/c1-9-8-11(4-7-13(9)15)16-19(17,18)12-5-2-10(14)3-6-12/h2-8,16H,15H2,1H3. The molecule has 0 aromatic heterocycles. The number of anilines is 2. The van der Waals surface area contributed by atoms with E-state index in [2.05, 4.69) is 4.72 Å². The number of nitrogens with one attached hydrogen (secondary N) is 1. The summed E-state index contributed by atoms with van der Waals surface area (Å²) in [5, 5.41) is 0.488. The Morgan fingerprint density at radius 2 is 1.74 bits per heavy atom. The van der Waals surface area contributed by atoms with Crippen molar-refractivity contribution in [2.45, 2.75) is 11.8 Å². The van der Waals surface area contributed by atoms with E-state index >= 15 is 0 Å². The summed E-state index contributed by atoms with van der Waals surface area (Å²) in [6, 6.07) is 10.9. The van der Waals surface area contributed by atoms with Crippen molar-refractivity contribution in [3.05, 3.63) is 53.1 Å². The van der Waals surface area contributed by atoms with Gasteiger partial charge in [0.05, 0.1) is 4.90 Å². The third-order valence-corrected chi connectivity index (χ3v) is 4.30. The normalized spacial score (nSPS) is 11.3. The van der Waals surface area contributed by atoms with Crippen LogP contribution in [-0.2, 0) is 10.0 Å². The van der Waals surface area contributed by atoms with Gasteiger partial charge in [0.2, 0.25) is 0 Å². The van der Waals surface area contributed by atoms with Gasteiger partial charge in [-0.3, -0.25) is 4.72 Å². The van der Waals surface area contributed by atoms with Crippen LogP contribution in [0.5, 0.6) is 0 Å². The molecule has 0 aliphatic rings. The Kier molecular flexibility index (Phi) is 3.68. The first-order valence-corrected chi connectivity index (χ1v) is 7.39. The smallest absolute Gasteiger partial charge is 0.261 e. The number of benzene rings is 2. The van der Waals surface area contributed by atoms with Gasteiger partial charge in [-0.1, -0.05) is 11.6 Å². The van der Waals surface area contributed by atoms with E-state index < -0.39 is 10.0 Å². The van der Waals surface area contributed by atoms with Crippen LogP contribution in [0.4, 0.5) is 11.4 Å². The van der Waals surface area contributed by atoms with Crippen LogP contribution in [0.2, 0.25) is 5.02 Å². The zero-order valence-corrected chi connectivity index (χ0v) is 11.8. The Morgan fingerprint density at radius 3 is 2.32 bits per heavy atom. The molecule has 0 unspecified atom stereocenters. The lowest BCUT2D eigenvalue weighted by atomic mass is 10.2. The summed E-state index contributed by atoms with van der Waals surface area (Å²) in [5.74, 6) is 0. The average Bonchev–Trinajstić information content (AvgIpc) is 2.34. The molecule has 19 heavy (non-hydrogen) atoms. The monoisotopic (exact) mass is 296 g/mol. The topological polar surface area (TPSA) is 72.2 Å². The fraction of sp³-hybridized carbons (Fsp3) is 0.0769. The lowest BCUT2D eigenvalue weighted by Gasteiger charge is -2.09. The summed E-state index contributed by atoms with van der Waals surface area (Å²) in [5.41, 5.74) is 7.60. The molecule has 0 amide bonds. The molecule has 0 heterocycles. The first-order chi connectivity index (χ1) is 8.88. The van der Waals surface area contributed by atoms with Crippen molar-refractivity contribution in [3.8, 4) is 0 Å². The van der Waals surface area contributed by atoms with Crippen molar-refractivity contribution in [1.82, 2.24) is 0 Å². The van der Waals surface area contributed by atoms with Crippen LogP contribution in [0.1, 0.15) is 5.56 Å². The second-order valence-corrected chi connectivity index (χ2v) is 6.25. The molecule has 0 atom stereocenters. The Labute approximate surface area is 117 Å². The van der Waals surface area contributed by atoms with Crippen LogP contribution in [0, 0.1) is 6.92 Å². The number of sulfonamides is 1. The predicted molar refractivity (Wildman–Crippen MR) is 77.9 cm³/mol. The van der Waals surface area contributed by atoms with E-state index in [1.807, 2.05) is 6.92 Å². The molecular weight excluding hydrogens is 284 g/mol. The van der Waals surface area contributed by atoms with Gasteiger partial charge in [0, 0.05) is 16.4 Å². The summed E-state index contributed by atoms with van der Waals surface area (Å²) < 4.78 is 26.7. The van der Waals surface area contributed by atoms with E-state index in [1.54, 1.807) is 18.2 Å². The quantitative estimate of drug-likeness (QED) is 0.855. The molecule has 4 nitrogen and oxygen atoms in total. The van der Waals surface area contributed by atoms with Crippen LogP contribution in [0.15, 0.2) is 47.4 Å². The minimum absolute atomic E-state index is 0.159. The Bertz CT molecular complexity index is 697. The SMILES string of the molecule is Cc1cc(NS(=O)(=O)c2ccc(Cl)cc2)ccc1N. The molecule has 2 aromatic rings. The zero-order valence-electron chi connectivity index (χ0n) is 10.2. The van der Waals surface area contributed by atoms with Crippen LogP contribution in [0.3, 0.4) is 0 Å². The zero-order chi connectivity index (χ0) is 14.0. The Hall–Kier alpha value is -1.72. The van der Waals surface area contributed by atoms with Crippen molar-refractivity contribution in [3.63, 3.8) is 0 Å². The second-order valence-electron chi connectivity index (χ2n) is 4.13. The molecule has 0 fully saturated rings. The van der Waals surface area contributed by atoms with Crippen molar-refractivity contribution in [2.24, 2.45) is 0 Å². The van der Waals surface area contributed by atoms with Gasteiger partial charge >= 0.3 is 0 Å². The number of aryl methyl sites for hydroxylation is 1. The molecule has 0 spiro atoms. The molecule has 0 saturated carbocycles. The van der Waals surface area contributed by atoms with Crippen molar-refractivity contribution >= 4 is 33.0 Å². The molecule has 0 saturated heterocycles.